The van der Waals surface area contributed by atoms with E-state index in [1.807, 2.05) is 71.6 Å². The van der Waals surface area contributed by atoms with Crippen molar-refractivity contribution in [1.29, 1.82) is 0 Å². The van der Waals surface area contributed by atoms with Crippen molar-refractivity contribution >= 4 is 34.0 Å². The maximum Gasteiger partial charge on any atom is 0.255 e. The summed E-state index contributed by atoms with van der Waals surface area (Å²) in [5.74, 6) is 0.558. The normalized spacial score (nSPS) is 15.2. The average molecular weight is 472 g/mol. The number of amides is 2. The SMILES string of the molecule is CC(CC(=O)N1CCN(c2ccc(NC(=O)c3ccc4ccccc4c3)cc2)CC1)CC(C)(C)C. The number of nitrogens with zero attached hydrogens (tertiary/aromatic N) is 2. The summed E-state index contributed by atoms with van der Waals surface area (Å²) in [5, 5.41) is 5.17. The molecule has 3 aromatic rings. The second kappa shape index (κ2) is 10.5. The summed E-state index contributed by atoms with van der Waals surface area (Å²) in [7, 11) is 0. The molecule has 3 aromatic carbocycles. The van der Waals surface area contributed by atoms with Gasteiger partial charge in [0.1, 0.15) is 0 Å². The van der Waals surface area contributed by atoms with Crippen LogP contribution in [0.4, 0.5) is 11.4 Å². The third-order valence-electron chi connectivity index (χ3n) is 6.62. The highest BCUT2D eigenvalue weighted by atomic mass is 16.2. The summed E-state index contributed by atoms with van der Waals surface area (Å²) >= 11 is 0. The molecule has 2 amide bonds. The van der Waals surface area contributed by atoms with Crippen LogP contribution in [0.2, 0.25) is 0 Å². The summed E-state index contributed by atoms with van der Waals surface area (Å²) in [6, 6.07) is 21.8. The van der Waals surface area contributed by atoms with Gasteiger partial charge < -0.3 is 15.1 Å². The Kier molecular flexibility index (Phi) is 7.44. The molecule has 5 heteroatoms. The van der Waals surface area contributed by atoms with Crippen LogP contribution in [0.3, 0.4) is 0 Å². The Hall–Kier alpha value is -3.34. The average Bonchev–Trinajstić information content (AvgIpc) is 2.83. The van der Waals surface area contributed by atoms with Crippen molar-refractivity contribution in [2.75, 3.05) is 36.4 Å². The first-order valence-corrected chi connectivity index (χ1v) is 12.6. The zero-order chi connectivity index (χ0) is 25.0. The topological polar surface area (TPSA) is 52.7 Å². The van der Waals surface area contributed by atoms with Crippen molar-refractivity contribution in [3.05, 3.63) is 72.3 Å². The minimum Gasteiger partial charge on any atom is -0.368 e. The molecule has 1 atom stereocenters. The van der Waals surface area contributed by atoms with Gasteiger partial charge in [0.2, 0.25) is 5.91 Å². The van der Waals surface area contributed by atoms with Gasteiger partial charge >= 0.3 is 0 Å². The van der Waals surface area contributed by atoms with Crippen LogP contribution in [-0.2, 0) is 4.79 Å². The second-order valence-corrected chi connectivity index (χ2v) is 11.0. The zero-order valence-corrected chi connectivity index (χ0v) is 21.4. The summed E-state index contributed by atoms with van der Waals surface area (Å²) in [4.78, 5) is 29.8. The van der Waals surface area contributed by atoms with Crippen molar-refractivity contribution in [1.82, 2.24) is 4.90 Å². The van der Waals surface area contributed by atoms with E-state index >= 15 is 0 Å². The highest BCUT2D eigenvalue weighted by molar-refractivity contribution is 6.06. The number of benzene rings is 3. The van der Waals surface area contributed by atoms with E-state index in [0.717, 1.165) is 54.7 Å². The lowest BCUT2D eigenvalue weighted by Gasteiger charge is -2.37. The highest BCUT2D eigenvalue weighted by Gasteiger charge is 2.24. The number of nitrogens with one attached hydrogen (secondary N) is 1. The molecule has 1 fully saturated rings. The summed E-state index contributed by atoms with van der Waals surface area (Å²) in [5.41, 5.74) is 2.78. The molecule has 1 unspecified atom stereocenters. The number of carbonyl (C=O) groups is 2. The first-order valence-electron chi connectivity index (χ1n) is 12.6. The molecule has 184 valence electrons. The summed E-state index contributed by atoms with van der Waals surface area (Å²) in [6.07, 6.45) is 1.69. The summed E-state index contributed by atoms with van der Waals surface area (Å²) < 4.78 is 0. The number of fused-ring (bicyclic) bond motifs is 1. The Bertz CT molecular complexity index is 1170. The minimum atomic E-state index is -0.115. The van der Waals surface area contributed by atoms with Crippen LogP contribution < -0.4 is 10.2 Å². The van der Waals surface area contributed by atoms with Crippen molar-refractivity contribution in [2.24, 2.45) is 11.3 Å². The van der Waals surface area contributed by atoms with Crippen LogP contribution >= 0.6 is 0 Å². The van der Waals surface area contributed by atoms with Gasteiger partial charge in [0.05, 0.1) is 0 Å². The maximum absolute atomic E-state index is 12.7. The second-order valence-electron chi connectivity index (χ2n) is 11.0. The van der Waals surface area contributed by atoms with E-state index < -0.39 is 0 Å². The molecule has 0 saturated carbocycles. The van der Waals surface area contributed by atoms with E-state index in [0.29, 0.717) is 17.9 Å². The van der Waals surface area contributed by atoms with Gasteiger partial charge in [-0.1, -0.05) is 58.0 Å². The molecule has 0 radical (unpaired) electrons. The van der Waals surface area contributed by atoms with Crippen molar-refractivity contribution in [3.8, 4) is 0 Å². The van der Waals surface area contributed by atoms with Crippen LogP contribution in [0.1, 0.15) is 50.9 Å². The Morgan fingerprint density at radius 2 is 1.54 bits per heavy atom. The van der Waals surface area contributed by atoms with Gasteiger partial charge in [-0.25, -0.2) is 0 Å². The first-order chi connectivity index (χ1) is 16.7. The Morgan fingerprint density at radius 3 is 2.20 bits per heavy atom. The lowest BCUT2D eigenvalue weighted by atomic mass is 9.84. The van der Waals surface area contributed by atoms with Gasteiger partial charge in [0.15, 0.2) is 0 Å². The van der Waals surface area contributed by atoms with E-state index in [9.17, 15) is 9.59 Å². The van der Waals surface area contributed by atoms with E-state index in [1.54, 1.807) is 0 Å². The summed E-state index contributed by atoms with van der Waals surface area (Å²) in [6.45, 7) is 12.0. The Balaban J connectivity index is 1.29. The fraction of sp³-hybridized carbons (Fsp3) is 0.400. The predicted molar refractivity (Wildman–Crippen MR) is 145 cm³/mol. The highest BCUT2D eigenvalue weighted by Crippen LogP contribution is 2.27. The van der Waals surface area contributed by atoms with Gasteiger partial charge in [-0.2, -0.15) is 0 Å². The van der Waals surface area contributed by atoms with Crippen molar-refractivity contribution in [2.45, 2.75) is 40.5 Å². The van der Waals surface area contributed by atoms with Crippen LogP contribution in [0.15, 0.2) is 66.7 Å². The standard InChI is InChI=1S/C30H37N3O2/c1-22(21-30(2,3)4)19-28(34)33-17-15-32(16-18-33)27-13-11-26(12-14-27)31-29(35)25-10-9-23-7-5-6-8-24(23)20-25/h5-14,20,22H,15-19,21H2,1-4H3,(H,31,35). The molecular weight excluding hydrogens is 434 g/mol. The molecule has 1 N–H and O–H groups in total. The molecular formula is C30H37N3O2. The van der Waals surface area contributed by atoms with E-state index in [1.165, 1.54) is 0 Å². The third kappa shape index (κ3) is 6.62. The molecule has 0 bridgehead atoms. The number of rotatable bonds is 6. The van der Waals surface area contributed by atoms with Gasteiger partial charge in [0, 0.05) is 49.5 Å². The quantitative estimate of drug-likeness (QED) is 0.465. The zero-order valence-electron chi connectivity index (χ0n) is 21.4. The fourth-order valence-electron chi connectivity index (χ4n) is 5.05. The Labute approximate surface area is 209 Å². The van der Waals surface area contributed by atoms with E-state index in [4.69, 9.17) is 0 Å². The molecule has 0 aliphatic carbocycles. The predicted octanol–water partition coefficient (Wildman–Crippen LogP) is 6.20. The maximum atomic E-state index is 12.7. The molecule has 1 heterocycles. The van der Waals surface area contributed by atoms with Crippen LogP contribution in [-0.4, -0.2) is 42.9 Å². The number of anilines is 2. The molecule has 1 aliphatic rings. The molecule has 0 aromatic heterocycles. The van der Waals surface area contributed by atoms with E-state index in [2.05, 4.69) is 37.9 Å². The van der Waals surface area contributed by atoms with Crippen molar-refractivity contribution < 1.29 is 9.59 Å². The van der Waals surface area contributed by atoms with Gasteiger partial charge in [0.25, 0.3) is 5.91 Å². The molecule has 1 saturated heterocycles. The lowest BCUT2D eigenvalue weighted by molar-refractivity contribution is -0.132. The molecule has 1 aliphatic heterocycles. The fourth-order valence-corrected chi connectivity index (χ4v) is 5.05. The largest absolute Gasteiger partial charge is 0.368 e. The molecule has 35 heavy (non-hydrogen) atoms. The molecule has 5 nitrogen and oxygen atoms in total. The number of hydrogen-bond acceptors (Lipinski definition) is 3. The smallest absolute Gasteiger partial charge is 0.255 e. The van der Waals surface area contributed by atoms with Gasteiger partial charge in [-0.05, 0) is 64.9 Å². The van der Waals surface area contributed by atoms with Crippen LogP contribution in [0.25, 0.3) is 10.8 Å². The first kappa shape index (κ1) is 24.8. The van der Waals surface area contributed by atoms with E-state index in [-0.39, 0.29) is 17.2 Å². The number of piperazine rings is 1. The van der Waals surface area contributed by atoms with Gasteiger partial charge in [-0.15, -0.1) is 0 Å². The van der Waals surface area contributed by atoms with Gasteiger partial charge in [-0.3, -0.25) is 9.59 Å². The lowest BCUT2D eigenvalue weighted by Crippen LogP contribution is -2.49. The number of carbonyl (C=O) groups excluding carboxylic acids is 2. The minimum absolute atomic E-state index is 0.115. The van der Waals surface area contributed by atoms with Crippen LogP contribution in [0, 0.1) is 11.3 Å². The third-order valence-corrected chi connectivity index (χ3v) is 6.62. The molecule has 0 spiro atoms. The van der Waals surface area contributed by atoms with Crippen LogP contribution in [0.5, 0.6) is 0 Å². The van der Waals surface area contributed by atoms with Crippen molar-refractivity contribution in [3.63, 3.8) is 0 Å². The molecule has 4 rings (SSSR count). The Morgan fingerprint density at radius 1 is 0.886 bits per heavy atom. The monoisotopic (exact) mass is 471 g/mol. The number of hydrogen-bond donors (Lipinski definition) is 1.